The van der Waals surface area contributed by atoms with Crippen LogP contribution in [0.5, 0.6) is 0 Å². The number of nitrogens with zero attached hydrogens (tertiary/aromatic N) is 5. The lowest BCUT2D eigenvalue weighted by molar-refractivity contribution is -0.130. The van der Waals surface area contributed by atoms with Gasteiger partial charge in [0.05, 0.1) is 6.42 Å². The monoisotopic (exact) mass is 310 g/mol. The van der Waals surface area contributed by atoms with Crippen molar-refractivity contribution in [1.29, 1.82) is 0 Å². The zero-order chi connectivity index (χ0) is 16.2. The number of tetrazole rings is 1. The number of hydrogen-bond donors (Lipinski definition) is 1. The number of rotatable bonds is 2. The second-order valence-corrected chi connectivity index (χ2v) is 6.21. The van der Waals surface area contributed by atoms with Crippen LogP contribution in [0.2, 0.25) is 0 Å². The summed E-state index contributed by atoms with van der Waals surface area (Å²) in [6.45, 7) is 7.65. The Hall–Kier alpha value is -2.19. The molecule has 0 spiro atoms. The van der Waals surface area contributed by atoms with Gasteiger partial charge in [-0.05, 0) is 27.2 Å². The van der Waals surface area contributed by atoms with E-state index in [-0.39, 0.29) is 18.4 Å². The number of carbonyl (C=O) groups excluding carboxylic acids is 2. The molecule has 0 saturated carbocycles. The molecule has 0 bridgehead atoms. The summed E-state index contributed by atoms with van der Waals surface area (Å²) in [6, 6.07) is 0. The van der Waals surface area contributed by atoms with Gasteiger partial charge >= 0.3 is 6.09 Å². The summed E-state index contributed by atoms with van der Waals surface area (Å²) in [5.41, 5.74) is -0.516. The Labute approximate surface area is 129 Å². The number of amides is 2. The normalized spacial score (nSPS) is 16.3. The molecule has 9 nitrogen and oxygen atoms in total. The van der Waals surface area contributed by atoms with Gasteiger partial charge < -0.3 is 14.5 Å². The van der Waals surface area contributed by atoms with E-state index in [2.05, 4.69) is 20.6 Å². The molecule has 122 valence electrons. The van der Waals surface area contributed by atoms with Crippen molar-refractivity contribution in [3.8, 4) is 0 Å². The molecule has 2 rings (SSSR count). The predicted octanol–water partition coefficient (Wildman–Crippen LogP) is 0.212. The minimum absolute atomic E-state index is 0.0626. The molecule has 9 heteroatoms. The number of H-pyrrole nitrogens is 1. The van der Waals surface area contributed by atoms with Crippen molar-refractivity contribution >= 4 is 12.0 Å². The Morgan fingerprint density at radius 1 is 1.18 bits per heavy atom. The maximum Gasteiger partial charge on any atom is 0.410 e. The molecule has 1 N–H and O–H groups in total. The Morgan fingerprint density at radius 3 is 2.50 bits per heavy atom. The summed E-state index contributed by atoms with van der Waals surface area (Å²) in [5.74, 6) is 0.311. The van der Waals surface area contributed by atoms with Crippen molar-refractivity contribution in [2.45, 2.75) is 39.2 Å². The molecule has 1 aromatic heterocycles. The third-order valence-corrected chi connectivity index (χ3v) is 3.20. The number of nitrogens with one attached hydrogen (secondary N) is 1. The van der Waals surface area contributed by atoms with Crippen molar-refractivity contribution < 1.29 is 14.3 Å². The van der Waals surface area contributed by atoms with E-state index < -0.39 is 5.60 Å². The molecule has 0 atom stereocenters. The summed E-state index contributed by atoms with van der Waals surface area (Å²) in [7, 11) is 0. The first-order chi connectivity index (χ1) is 10.3. The molecular weight excluding hydrogens is 288 g/mol. The minimum atomic E-state index is -0.516. The van der Waals surface area contributed by atoms with Crippen LogP contribution in [0.1, 0.15) is 33.0 Å². The first-order valence-corrected chi connectivity index (χ1v) is 7.33. The fourth-order valence-corrected chi connectivity index (χ4v) is 2.18. The van der Waals surface area contributed by atoms with Crippen LogP contribution in [0, 0.1) is 0 Å². The van der Waals surface area contributed by atoms with E-state index in [9.17, 15) is 9.59 Å². The second kappa shape index (κ2) is 6.71. The largest absolute Gasteiger partial charge is 0.444 e. The topological polar surface area (TPSA) is 104 Å². The summed E-state index contributed by atoms with van der Waals surface area (Å²) in [4.78, 5) is 27.6. The number of aromatic amines is 1. The van der Waals surface area contributed by atoms with Gasteiger partial charge in [0.25, 0.3) is 0 Å². The molecule has 2 amide bonds. The Bertz CT molecular complexity index is 510. The molecule has 22 heavy (non-hydrogen) atoms. The van der Waals surface area contributed by atoms with Crippen molar-refractivity contribution in [3.63, 3.8) is 0 Å². The van der Waals surface area contributed by atoms with Crippen LogP contribution in [0.4, 0.5) is 4.79 Å². The average molecular weight is 310 g/mol. The van der Waals surface area contributed by atoms with Crippen molar-refractivity contribution in [1.82, 2.24) is 30.4 Å². The van der Waals surface area contributed by atoms with Gasteiger partial charge in [0.15, 0.2) is 5.82 Å². The first kappa shape index (κ1) is 16.2. The van der Waals surface area contributed by atoms with E-state index in [1.165, 1.54) is 0 Å². The summed E-state index contributed by atoms with van der Waals surface area (Å²) in [6.07, 6.45) is 0.500. The van der Waals surface area contributed by atoms with Crippen molar-refractivity contribution in [2.24, 2.45) is 0 Å². The molecule has 0 aliphatic carbocycles. The summed E-state index contributed by atoms with van der Waals surface area (Å²) in [5, 5.41) is 13.3. The third-order valence-electron chi connectivity index (χ3n) is 3.20. The lowest BCUT2D eigenvalue weighted by Gasteiger charge is -2.26. The average Bonchev–Trinajstić information content (AvgIpc) is 2.78. The molecule has 1 fully saturated rings. The maximum atomic E-state index is 12.2. The Kier molecular flexibility index (Phi) is 4.94. The molecule has 1 aromatic rings. The molecule has 0 unspecified atom stereocenters. The van der Waals surface area contributed by atoms with E-state index in [1.807, 2.05) is 20.8 Å². The third kappa shape index (κ3) is 4.68. The molecule has 1 aliphatic rings. The van der Waals surface area contributed by atoms with Gasteiger partial charge in [-0.2, -0.15) is 5.21 Å². The van der Waals surface area contributed by atoms with Gasteiger partial charge in [0, 0.05) is 26.2 Å². The zero-order valence-corrected chi connectivity index (χ0v) is 13.2. The summed E-state index contributed by atoms with van der Waals surface area (Å²) >= 11 is 0. The van der Waals surface area contributed by atoms with E-state index >= 15 is 0 Å². The van der Waals surface area contributed by atoms with Crippen LogP contribution in [-0.4, -0.2) is 74.2 Å². The van der Waals surface area contributed by atoms with Crippen LogP contribution in [0.15, 0.2) is 0 Å². The number of aromatic nitrogens is 4. The fourth-order valence-electron chi connectivity index (χ4n) is 2.18. The standard InChI is InChI=1S/C13H22N6O3/c1-13(2,3)22-12(21)19-6-4-5-18(7-8-19)11(20)9-10-14-16-17-15-10/h4-9H2,1-3H3,(H,14,15,16,17). The van der Waals surface area contributed by atoms with E-state index in [1.54, 1.807) is 9.80 Å². The second-order valence-electron chi connectivity index (χ2n) is 6.21. The van der Waals surface area contributed by atoms with Gasteiger partial charge in [-0.15, -0.1) is 10.2 Å². The number of ether oxygens (including phenoxy) is 1. The maximum absolute atomic E-state index is 12.2. The van der Waals surface area contributed by atoms with E-state index in [0.717, 1.165) is 6.42 Å². The molecule has 1 aliphatic heterocycles. The Morgan fingerprint density at radius 2 is 1.86 bits per heavy atom. The highest BCUT2D eigenvalue weighted by molar-refractivity contribution is 5.78. The number of hydrogen-bond acceptors (Lipinski definition) is 6. The Balaban J connectivity index is 1.86. The van der Waals surface area contributed by atoms with Crippen LogP contribution in [0.3, 0.4) is 0 Å². The van der Waals surface area contributed by atoms with Gasteiger partial charge in [-0.1, -0.05) is 5.21 Å². The summed E-state index contributed by atoms with van der Waals surface area (Å²) < 4.78 is 5.36. The van der Waals surface area contributed by atoms with Crippen LogP contribution in [-0.2, 0) is 16.0 Å². The van der Waals surface area contributed by atoms with Crippen LogP contribution >= 0.6 is 0 Å². The van der Waals surface area contributed by atoms with Crippen molar-refractivity contribution in [3.05, 3.63) is 5.82 Å². The molecule has 0 radical (unpaired) electrons. The fraction of sp³-hybridized carbons (Fsp3) is 0.769. The van der Waals surface area contributed by atoms with Gasteiger partial charge in [0.1, 0.15) is 5.60 Å². The molecule has 2 heterocycles. The molecular formula is C13H22N6O3. The highest BCUT2D eigenvalue weighted by atomic mass is 16.6. The first-order valence-electron chi connectivity index (χ1n) is 7.33. The van der Waals surface area contributed by atoms with Crippen LogP contribution < -0.4 is 0 Å². The highest BCUT2D eigenvalue weighted by Gasteiger charge is 2.26. The SMILES string of the molecule is CC(C)(C)OC(=O)N1CCCN(C(=O)Cc2nn[nH]n2)CC1. The van der Waals surface area contributed by atoms with E-state index in [4.69, 9.17) is 4.74 Å². The number of carbonyl (C=O) groups is 2. The van der Waals surface area contributed by atoms with Gasteiger partial charge in [-0.3, -0.25) is 4.79 Å². The highest BCUT2D eigenvalue weighted by Crippen LogP contribution is 2.12. The van der Waals surface area contributed by atoms with Gasteiger partial charge in [-0.25, -0.2) is 4.79 Å². The zero-order valence-electron chi connectivity index (χ0n) is 13.2. The smallest absolute Gasteiger partial charge is 0.410 e. The lowest BCUT2D eigenvalue weighted by atomic mass is 10.2. The molecule has 1 saturated heterocycles. The quantitative estimate of drug-likeness (QED) is 0.837. The minimum Gasteiger partial charge on any atom is -0.444 e. The van der Waals surface area contributed by atoms with Gasteiger partial charge in [0.2, 0.25) is 5.91 Å². The molecule has 0 aromatic carbocycles. The van der Waals surface area contributed by atoms with Crippen LogP contribution in [0.25, 0.3) is 0 Å². The van der Waals surface area contributed by atoms with Crippen molar-refractivity contribution in [2.75, 3.05) is 26.2 Å². The lowest BCUT2D eigenvalue weighted by Crippen LogP contribution is -2.40. The predicted molar refractivity (Wildman–Crippen MR) is 76.9 cm³/mol. The van der Waals surface area contributed by atoms with E-state index in [0.29, 0.717) is 32.0 Å².